The molecule has 120 valence electrons. The van der Waals surface area contributed by atoms with Crippen molar-refractivity contribution in [1.29, 1.82) is 0 Å². The van der Waals surface area contributed by atoms with Crippen molar-refractivity contribution in [2.75, 3.05) is 24.6 Å². The second-order valence-corrected chi connectivity index (χ2v) is 5.70. The van der Waals surface area contributed by atoms with E-state index in [4.69, 9.17) is 4.74 Å². The number of carbonyl (C=O) groups excluding carboxylic acids is 1. The van der Waals surface area contributed by atoms with E-state index in [1.54, 1.807) is 0 Å². The Hall–Kier alpha value is -2.17. The number of hydrogen-bond acceptors (Lipinski definition) is 3. The molecule has 1 amide bonds. The predicted molar refractivity (Wildman–Crippen MR) is 91.3 cm³/mol. The predicted octanol–water partition coefficient (Wildman–Crippen LogP) is 2.60. The molecule has 0 spiro atoms. The number of morpholine rings is 1. The molecule has 0 aromatic heterocycles. The Morgan fingerprint density at radius 3 is 2.43 bits per heavy atom. The smallest absolute Gasteiger partial charge is 0.229 e. The maximum Gasteiger partial charge on any atom is 0.229 e. The zero-order valence-corrected chi connectivity index (χ0v) is 13.2. The van der Waals surface area contributed by atoms with Gasteiger partial charge < -0.3 is 15.0 Å². The van der Waals surface area contributed by atoms with Crippen molar-refractivity contribution in [3.63, 3.8) is 0 Å². The molecule has 1 heterocycles. The molecule has 1 unspecified atom stereocenters. The number of anilines is 1. The number of benzene rings is 2. The highest BCUT2D eigenvalue weighted by atomic mass is 16.5. The number of hydrogen-bond donors (Lipinski definition) is 1. The summed E-state index contributed by atoms with van der Waals surface area (Å²) in [5.41, 5.74) is 2.04. The molecule has 1 aliphatic heterocycles. The van der Waals surface area contributed by atoms with E-state index in [1.807, 2.05) is 65.6 Å². The number of amides is 1. The van der Waals surface area contributed by atoms with Gasteiger partial charge in [-0.2, -0.15) is 0 Å². The highest BCUT2D eigenvalue weighted by molar-refractivity contribution is 5.93. The number of nitrogens with one attached hydrogen (secondary N) is 1. The second-order valence-electron chi connectivity index (χ2n) is 5.70. The number of rotatable bonds is 5. The summed E-state index contributed by atoms with van der Waals surface area (Å²) in [5.74, 6) is 0.0914. The standard InChI is InChI=1S/C19H22N2O2/c22-19(13-18-14-20-11-12-23-18)21(17-9-5-2-6-10-17)15-16-7-3-1-4-8-16/h1-10,18,20H,11-15H2. The molecule has 2 aromatic rings. The van der Waals surface area contributed by atoms with Gasteiger partial charge in [0.15, 0.2) is 0 Å². The Labute approximate surface area is 137 Å². The monoisotopic (exact) mass is 310 g/mol. The van der Waals surface area contributed by atoms with Gasteiger partial charge in [-0.3, -0.25) is 4.79 Å². The van der Waals surface area contributed by atoms with Crippen LogP contribution in [0.4, 0.5) is 5.69 Å². The SMILES string of the molecule is O=C(CC1CNCCO1)N(Cc1ccccc1)c1ccccc1. The fourth-order valence-electron chi connectivity index (χ4n) is 2.75. The first-order chi connectivity index (χ1) is 11.3. The van der Waals surface area contributed by atoms with Crippen LogP contribution in [0.25, 0.3) is 0 Å². The van der Waals surface area contributed by atoms with Crippen LogP contribution in [0.5, 0.6) is 0 Å². The Bertz CT molecular complexity index is 610. The third-order valence-electron chi connectivity index (χ3n) is 3.96. The molecule has 0 bridgehead atoms. The number of para-hydroxylation sites is 1. The summed E-state index contributed by atoms with van der Waals surface area (Å²) >= 11 is 0. The fraction of sp³-hybridized carbons (Fsp3) is 0.316. The van der Waals surface area contributed by atoms with Gasteiger partial charge in [-0.15, -0.1) is 0 Å². The zero-order valence-electron chi connectivity index (χ0n) is 13.2. The highest BCUT2D eigenvalue weighted by Crippen LogP contribution is 2.19. The van der Waals surface area contributed by atoms with Gasteiger partial charge in [0.2, 0.25) is 5.91 Å². The van der Waals surface area contributed by atoms with E-state index in [-0.39, 0.29) is 12.0 Å². The van der Waals surface area contributed by atoms with Gasteiger partial charge in [-0.25, -0.2) is 0 Å². The Kier molecular flexibility index (Phi) is 5.40. The number of ether oxygens (including phenoxy) is 1. The average Bonchev–Trinajstić information content (AvgIpc) is 2.62. The minimum absolute atomic E-state index is 0.0433. The van der Waals surface area contributed by atoms with Crippen LogP contribution in [-0.4, -0.2) is 31.7 Å². The van der Waals surface area contributed by atoms with Crippen LogP contribution in [0.2, 0.25) is 0 Å². The van der Waals surface area contributed by atoms with Gasteiger partial charge in [0, 0.05) is 18.8 Å². The van der Waals surface area contributed by atoms with Crippen molar-refractivity contribution in [2.45, 2.75) is 19.1 Å². The van der Waals surface area contributed by atoms with Crippen LogP contribution in [0.3, 0.4) is 0 Å². The van der Waals surface area contributed by atoms with Crippen LogP contribution in [0, 0.1) is 0 Å². The van der Waals surface area contributed by atoms with Crippen molar-refractivity contribution in [1.82, 2.24) is 5.32 Å². The Morgan fingerprint density at radius 2 is 1.78 bits per heavy atom. The van der Waals surface area contributed by atoms with Gasteiger partial charge >= 0.3 is 0 Å². The lowest BCUT2D eigenvalue weighted by atomic mass is 10.1. The molecular weight excluding hydrogens is 288 g/mol. The minimum atomic E-state index is -0.0433. The molecule has 2 aromatic carbocycles. The van der Waals surface area contributed by atoms with E-state index in [0.29, 0.717) is 19.6 Å². The molecule has 4 heteroatoms. The van der Waals surface area contributed by atoms with Crippen molar-refractivity contribution < 1.29 is 9.53 Å². The normalized spacial score (nSPS) is 17.7. The molecule has 1 atom stereocenters. The summed E-state index contributed by atoms with van der Waals surface area (Å²) in [4.78, 5) is 14.7. The maximum absolute atomic E-state index is 12.8. The molecule has 1 aliphatic rings. The molecule has 0 aliphatic carbocycles. The van der Waals surface area contributed by atoms with Crippen LogP contribution in [0.15, 0.2) is 60.7 Å². The molecular formula is C19H22N2O2. The van der Waals surface area contributed by atoms with Crippen molar-refractivity contribution in [3.8, 4) is 0 Å². The lowest BCUT2D eigenvalue weighted by Crippen LogP contribution is -2.42. The molecule has 1 N–H and O–H groups in total. The fourth-order valence-corrected chi connectivity index (χ4v) is 2.75. The highest BCUT2D eigenvalue weighted by Gasteiger charge is 2.22. The zero-order chi connectivity index (χ0) is 15.9. The van der Waals surface area contributed by atoms with Crippen LogP contribution >= 0.6 is 0 Å². The molecule has 1 fully saturated rings. The van der Waals surface area contributed by atoms with Crippen molar-refractivity contribution in [2.24, 2.45) is 0 Å². The first-order valence-corrected chi connectivity index (χ1v) is 8.04. The van der Waals surface area contributed by atoms with Gasteiger partial charge in [0.25, 0.3) is 0 Å². The van der Waals surface area contributed by atoms with E-state index >= 15 is 0 Å². The van der Waals surface area contributed by atoms with Gasteiger partial charge in [-0.05, 0) is 17.7 Å². The first-order valence-electron chi connectivity index (χ1n) is 8.04. The van der Waals surface area contributed by atoms with Gasteiger partial charge in [0.05, 0.1) is 25.7 Å². The van der Waals surface area contributed by atoms with Crippen LogP contribution < -0.4 is 10.2 Å². The summed E-state index contributed by atoms with van der Waals surface area (Å²) in [5, 5.41) is 3.27. The summed E-state index contributed by atoms with van der Waals surface area (Å²) < 4.78 is 5.67. The maximum atomic E-state index is 12.8. The molecule has 4 nitrogen and oxygen atoms in total. The van der Waals surface area contributed by atoms with Crippen LogP contribution in [0.1, 0.15) is 12.0 Å². The molecule has 23 heavy (non-hydrogen) atoms. The second kappa shape index (κ2) is 7.90. The van der Waals surface area contributed by atoms with Crippen molar-refractivity contribution in [3.05, 3.63) is 66.2 Å². The molecule has 0 saturated carbocycles. The Balaban J connectivity index is 1.75. The third kappa shape index (κ3) is 4.41. The van der Waals surface area contributed by atoms with E-state index in [9.17, 15) is 4.79 Å². The molecule has 3 rings (SSSR count). The summed E-state index contributed by atoms with van der Waals surface area (Å²) in [6.07, 6.45) is 0.354. The summed E-state index contributed by atoms with van der Waals surface area (Å²) in [6.45, 7) is 2.84. The first kappa shape index (κ1) is 15.7. The largest absolute Gasteiger partial charge is 0.375 e. The van der Waals surface area contributed by atoms with E-state index in [2.05, 4.69) is 5.32 Å². The topological polar surface area (TPSA) is 41.6 Å². The molecule has 0 radical (unpaired) electrons. The average molecular weight is 310 g/mol. The number of nitrogens with zero attached hydrogens (tertiary/aromatic N) is 1. The van der Waals surface area contributed by atoms with Gasteiger partial charge in [-0.1, -0.05) is 48.5 Å². The quantitative estimate of drug-likeness (QED) is 0.923. The van der Waals surface area contributed by atoms with Crippen molar-refractivity contribution >= 4 is 11.6 Å². The van der Waals surface area contributed by atoms with Gasteiger partial charge in [0.1, 0.15) is 0 Å². The summed E-state index contributed by atoms with van der Waals surface area (Å²) in [6, 6.07) is 19.9. The van der Waals surface area contributed by atoms with E-state index in [1.165, 1.54) is 0 Å². The summed E-state index contributed by atoms with van der Waals surface area (Å²) in [7, 11) is 0. The lowest BCUT2D eigenvalue weighted by Gasteiger charge is -2.28. The molecule has 1 saturated heterocycles. The minimum Gasteiger partial charge on any atom is -0.375 e. The number of carbonyl (C=O) groups is 1. The Morgan fingerprint density at radius 1 is 1.09 bits per heavy atom. The third-order valence-corrected chi connectivity index (χ3v) is 3.96. The van der Waals surface area contributed by atoms with E-state index in [0.717, 1.165) is 24.3 Å². The lowest BCUT2D eigenvalue weighted by molar-refractivity contribution is -0.122. The van der Waals surface area contributed by atoms with E-state index < -0.39 is 0 Å². The van der Waals surface area contributed by atoms with Crippen LogP contribution in [-0.2, 0) is 16.1 Å².